The first-order valence-corrected chi connectivity index (χ1v) is 5.16. The van der Waals surface area contributed by atoms with E-state index in [4.69, 9.17) is 0 Å². The molecule has 3 aromatic rings. The molecule has 0 N–H and O–H groups in total. The predicted octanol–water partition coefficient (Wildman–Crippen LogP) is 3.25. The monoisotopic (exact) mass is 246 g/mol. The number of halogens is 1. The van der Waals surface area contributed by atoms with Gasteiger partial charge in [0.1, 0.15) is 10.3 Å². The van der Waals surface area contributed by atoms with Gasteiger partial charge in [0.2, 0.25) is 0 Å². The molecule has 0 saturated heterocycles. The van der Waals surface area contributed by atoms with Crippen molar-refractivity contribution in [2.24, 2.45) is 0 Å². The van der Waals surface area contributed by atoms with Gasteiger partial charge >= 0.3 is 0 Å². The Bertz CT molecular complexity index is 613. The largest absolute Gasteiger partial charge is 0.287 e. The van der Waals surface area contributed by atoms with Crippen molar-refractivity contribution in [3.63, 3.8) is 0 Å². The van der Waals surface area contributed by atoms with E-state index in [-0.39, 0.29) is 0 Å². The molecule has 68 valence electrons. The third kappa shape index (κ3) is 0.990. The van der Waals surface area contributed by atoms with E-state index >= 15 is 0 Å². The minimum absolute atomic E-state index is 0.968. The zero-order valence-corrected chi connectivity index (χ0v) is 8.90. The van der Waals surface area contributed by atoms with E-state index in [9.17, 15) is 0 Å². The van der Waals surface area contributed by atoms with Crippen LogP contribution in [0.2, 0.25) is 0 Å². The molecule has 0 amide bonds. The molecule has 14 heavy (non-hydrogen) atoms. The van der Waals surface area contributed by atoms with Crippen LogP contribution in [0.5, 0.6) is 0 Å². The smallest absolute Gasteiger partial charge is 0.138 e. The molecule has 0 aliphatic carbocycles. The number of pyridine rings is 1. The summed E-state index contributed by atoms with van der Waals surface area (Å²) < 4.78 is 3.08. The lowest BCUT2D eigenvalue weighted by Crippen LogP contribution is -1.87. The summed E-state index contributed by atoms with van der Waals surface area (Å²) in [6, 6.07) is 12.4. The van der Waals surface area contributed by atoms with Crippen molar-refractivity contribution in [1.82, 2.24) is 9.38 Å². The normalized spacial score (nSPS) is 11.2. The molecule has 2 aromatic heterocycles. The van der Waals surface area contributed by atoms with Crippen LogP contribution in [0.4, 0.5) is 0 Å². The molecular weight excluding hydrogens is 240 g/mol. The molecule has 0 spiro atoms. The summed E-state index contributed by atoms with van der Waals surface area (Å²) >= 11 is 3.49. The van der Waals surface area contributed by atoms with E-state index in [1.54, 1.807) is 0 Å². The number of para-hydroxylation sites is 1. The fourth-order valence-corrected chi connectivity index (χ4v) is 2.17. The summed E-state index contributed by atoms with van der Waals surface area (Å²) in [6.07, 6.45) is 1.82. The fraction of sp³-hybridized carbons (Fsp3) is 0. The average Bonchev–Trinajstić information content (AvgIpc) is 2.61. The second kappa shape index (κ2) is 2.82. The van der Waals surface area contributed by atoms with Gasteiger partial charge in [0.15, 0.2) is 0 Å². The minimum atomic E-state index is 0.968. The maximum absolute atomic E-state index is 4.28. The summed E-state index contributed by atoms with van der Waals surface area (Å²) in [4.78, 5) is 4.28. The molecule has 0 bridgehead atoms. The summed E-state index contributed by atoms with van der Waals surface area (Å²) in [7, 11) is 0. The molecule has 0 saturated carbocycles. The van der Waals surface area contributed by atoms with Crippen molar-refractivity contribution in [3.05, 3.63) is 47.2 Å². The Balaban J connectivity index is 2.65. The number of nitrogens with zero attached hydrogens (tertiary/aromatic N) is 2. The maximum atomic E-state index is 4.28. The third-order valence-electron chi connectivity index (χ3n) is 2.34. The van der Waals surface area contributed by atoms with Crippen LogP contribution in [0.3, 0.4) is 0 Å². The molecule has 0 fully saturated rings. The molecule has 2 heterocycles. The molecule has 0 atom stereocenters. The van der Waals surface area contributed by atoms with Gasteiger partial charge in [-0.05, 0) is 39.5 Å². The van der Waals surface area contributed by atoms with Gasteiger partial charge in [0.05, 0.1) is 11.7 Å². The van der Waals surface area contributed by atoms with Crippen LogP contribution in [0.1, 0.15) is 0 Å². The van der Waals surface area contributed by atoms with E-state index in [0.717, 1.165) is 10.3 Å². The highest BCUT2D eigenvalue weighted by atomic mass is 79.9. The average molecular weight is 247 g/mol. The molecule has 2 nitrogen and oxygen atoms in total. The Labute approximate surface area is 89.3 Å². The number of rotatable bonds is 0. The Kier molecular flexibility index (Phi) is 1.61. The lowest BCUT2D eigenvalue weighted by atomic mass is 10.2. The van der Waals surface area contributed by atoms with Gasteiger partial charge < -0.3 is 0 Å². The van der Waals surface area contributed by atoms with Crippen molar-refractivity contribution in [2.75, 3.05) is 0 Å². The van der Waals surface area contributed by atoms with Gasteiger partial charge in [-0.25, -0.2) is 4.98 Å². The van der Waals surface area contributed by atoms with Crippen molar-refractivity contribution < 1.29 is 0 Å². The summed E-state index contributed by atoms with van der Waals surface area (Å²) in [6.45, 7) is 0. The predicted molar refractivity (Wildman–Crippen MR) is 60.4 cm³/mol. The second-order valence-electron chi connectivity index (χ2n) is 3.17. The first-order valence-electron chi connectivity index (χ1n) is 4.37. The molecule has 3 rings (SSSR count). The van der Waals surface area contributed by atoms with E-state index in [2.05, 4.69) is 43.5 Å². The van der Waals surface area contributed by atoms with Gasteiger partial charge in [-0.1, -0.05) is 18.2 Å². The van der Waals surface area contributed by atoms with Crippen molar-refractivity contribution in [3.8, 4) is 0 Å². The lowest BCUT2D eigenvalue weighted by molar-refractivity contribution is 1.22. The van der Waals surface area contributed by atoms with Crippen LogP contribution >= 0.6 is 15.9 Å². The van der Waals surface area contributed by atoms with E-state index in [1.165, 1.54) is 10.9 Å². The fourth-order valence-electron chi connectivity index (χ4n) is 1.70. The second-order valence-corrected chi connectivity index (χ2v) is 3.98. The molecule has 0 radical (unpaired) electrons. The topological polar surface area (TPSA) is 17.3 Å². The lowest BCUT2D eigenvalue weighted by Gasteiger charge is -2.01. The molecule has 0 aliphatic heterocycles. The summed E-state index contributed by atoms with van der Waals surface area (Å²) in [5, 5.41) is 1.22. The molecule has 3 heteroatoms. The summed E-state index contributed by atoms with van der Waals surface area (Å²) in [5.41, 5.74) is 2.14. The van der Waals surface area contributed by atoms with Gasteiger partial charge in [-0.15, -0.1) is 0 Å². The highest BCUT2D eigenvalue weighted by Gasteiger charge is 2.03. The first kappa shape index (κ1) is 8.00. The van der Waals surface area contributed by atoms with Crippen molar-refractivity contribution >= 4 is 32.5 Å². The van der Waals surface area contributed by atoms with Crippen LogP contribution in [0.15, 0.2) is 47.2 Å². The number of fused-ring (bicyclic) bond motifs is 3. The zero-order chi connectivity index (χ0) is 9.54. The summed E-state index contributed by atoms with van der Waals surface area (Å²) in [5.74, 6) is 0. The SMILES string of the molecule is Brc1cnc2ccc3ccccc3n12. The first-order chi connectivity index (χ1) is 6.86. The van der Waals surface area contributed by atoms with E-state index in [1.807, 2.05) is 24.4 Å². The third-order valence-corrected chi connectivity index (χ3v) is 2.90. The Morgan fingerprint density at radius 2 is 1.93 bits per heavy atom. The van der Waals surface area contributed by atoms with Crippen molar-refractivity contribution in [1.29, 1.82) is 0 Å². The van der Waals surface area contributed by atoms with Gasteiger partial charge in [-0.3, -0.25) is 4.40 Å². The standard InChI is InChI=1S/C11H7BrN2/c12-10-7-13-11-6-5-8-3-1-2-4-9(8)14(10)11/h1-7H. The number of hydrogen-bond acceptors (Lipinski definition) is 1. The van der Waals surface area contributed by atoms with Crippen LogP contribution < -0.4 is 0 Å². The Hall–Kier alpha value is -1.35. The number of aromatic nitrogens is 2. The van der Waals surface area contributed by atoms with Crippen molar-refractivity contribution in [2.45, 2.75) is 0 Å². The molecule has 0 unspecified atom stereocenters. The molecule has 0 aliphatic rings. The van der Waals surface area contributed by atoms with Gasteiger partial charge in [0.25, 0.3) is 0 Å². The quantitative estimate of drug-likeness (QED) is 0.596. The zero-order valence-electron chi connectivity index (χ0n) is 7.31. The Morgan fingerprint density at radius 1 is 1.07 bits per heavy atom. The van der Waals surface area contributed by atoms with Gasteiger partial charge in [0, 0.05) is 0 Å². The Morgan fingerprint density at radius 3 is 2.86 bits per heavy atom. The van der Waals surface area contributed by atoms with Crippen LogP contribution in [0.25, 0.3) is 16.6 Å². The molecular formula is C11H7BrN2. The maximum Gasteiger partial charge on any atom is 0.138 e. The minimum Gasteiger partial charge on any atom is -0.287 e. The number of imidazole rings is 1. The van der Waals surface area contributed by atoms with Gasteiger partial charge in [-0.2, -0.15) is 0 Å². The van der Waals surface area contributed by atoms with E-state index in [0.29, 0.717) is 0 Å². The van der Waals surface area contributed by atoms with Crippen LogP contribution in [0, 0.1) is 0 Å². The van der Waals surface area contributed by atoms with Crippen LogP contribution in [-0.2, 0) is 0 Å². The van der Waals surface area contributed by atoms with Crippen LogP contribution in [-0.4, -0.2) is 9.38 Å². The number of benzene rings is 1. The molecule has 1 aromatic carbocycles. The van der Waals surface area contributed by atoms with E-state index < -0.39 is 0 Å². The highest BCUT2D eigenvalue weighted by molar-refractivity contribution is 9.10. The highest BCUT2D eigenvalue weighted by Crippen LogP contribution is 2.20. The number of hydrogen-bond donors (Lipinski definition) is 0.